The minimum Gasteiger partial charge on any atom is -0.483 e. The van der Waals surface area contributed by atoms with Gasteiger partial charge in [0, 0.05) is 6.54 Å². The first-order valence-electron chi connectivity index (χ1n) is 8.78. The maximum Gasteiger partial charge on any atom is 0.158 e. The van der Waals surface area contributed by atoms with Crippen LogP contribution < -0.4 is 10.1 Å². The number of aromatic nitrogens is 5. The predicted octanol–water partition coefficient (Wildman–Crippen LogP) is 1.42. The third kappa shape index (κ3) is 3.61. The van der Waals surface area contributed by atoms with Gasteiger partial charge in [0.1, 0.15) is 18.3 Å². The van der Waals surface area contributed by atoms with E-state index in [-0.39, 0.29) is 12.1 Å². The summed E-state index contributed by atoms with van der Waals surface area (Å²) in [5.74, 6) is 1.64. The average Bonchev–Trinajstić information content (AvgIpc) is 3.42. The molecule has 136 valence electrons. The lowest BCUT2D eigenvalue weighted by atomic mass is 10.2. The summed E-state index contributed by atoms with van der Waals surface area (Å²) < 4.78 is 15.4. The summed E-state index contributed by atoms with van der Waals surface area (Å²) in [7, 11) is 0. The fourth-order valence-electron chi connectivity index (χ4n) is 3.02. The van der Waals surface area contributed by atoms with Crippen molar-refractivity contribution in [3.05, 3.63) is 54.9 Å². The molecule has 4 rings (SSSR count). The van der Waals surface area contributed by atoms with Gasteiger partial charge in [0.2, 0.25) is 0 Å². The van der Waals surface area contributed by atoms with E-state index in [2.05, 4.69) is 20.5 Å². The maximum absolute atomic E-state index is 6.10. The summed E-state index contributed by atoms with van der Waals surface area (Å²) in [4.78, 5) is 4.29. The Labute approximate surface area is 151 Å². The number of rotatable bonds is 7. The number of para-hydroxylation sites is 1. The molecule has 1 N–H and O–H groups in total. The predicted molar refractivity (Wildman–Crippen MR) is 95.1 cm³/mol. The van der Waals surface area contributed by atoms with Gasteiger partial charge in [-0.2, -0.15) is 10.2 Å². The van der Waals surface area contributed by atoms with E-state index in [1.54, 1.807) is 17.2 Å². The zero-order valence-corrected chi connectivity index (χ0v) is 14.7. The number of nitrogens with zero attached hydrogens (tertiary/aromatic N) is 5. The summed E-state index contributed by atoms with van der Waals surface area (Å²) in [6.07, 6.45) is 5.13. The number of benzene rings is 1. The molecule has 2 atom stereocenters. The van der Waals surface area contributed by atoms with Crippen molar-refractivity contribution in [3.63, 3.8) is 0 Å². The van der Waals surface area contributed by atoms with Gasteiger partial charge in [-0.1, -0.05) is 18.2 Å². The molecule has 0 spiro atoms. The molecular weight excluding hydrogens is 332 g/mol. The van der Waals surface area contributed by atoms with Crippen LogP contribution in [0, 0.1) is 0 Å². The van der Waals surface area contributed by atoms with E-state index in [0.717, 1.165) is 23.8 Å². The Hall–Kier alpha value is -2.71. The third-order valence-electron chi connectivity index (χ3n) is 4.41. The first-order valence-corrected chi connectivity index (χ1v) is 8.78. The first-order chi connectivity index (χ1) is 12.8. The minimum absolute atomic E-state index is 0.0681. The third-order valence-corrected chi connectivity index (χ3v) is 4.41. The normalized spacial score (nSPS) is 19.7. The molecular formula is C18H22N6O2. The van der Waals surface area contributed by atoms with E-state index in [4.69, 9.17) is 9.47 Å². The van der Waals surface area contributed by atoms with Crippen LogP contribution in [0.4, 0.5) is 0 Å². The molecule has 0 amide bonds. The van der Waals surface area contributed by atoms with Crippen LogP contribution in [0.5, 0.6) is 5.75 Å². The zero-order valence-electron chi connectivity index (χ0n) is 14.7. The standard InChI is InChI=1S/C18H22N6O2/c1-2-23-18(20-13-22-23)9-19-16-11-25-12-17(16)26-15-8-21-24(10-15)14-6-4-3-5-7-14/h3-8,10,13,16-17,19H,2,9,11-12H2,1H3/t16-,17+/m0/s1. The highest BCUT2D eigenvalue weighted by Gasteiger charge is 2.30. The lowest BCUT2D eigenvalue weighted by molar-refractivity contribution is 0.139. The number of hydrogen-bond acceptors (Lipinski definition) is 6. The Kier molecular flexibility index (Phi) is 4.94. The van der Waals surface area contributed by atoms with Gasteiger partial charge in [-0.05, 0) is 19.1 Å². The summed E-state index contributed by atoms with van der Waals surface area (Å²) >= 11 is 0. The summed E-state index contributed by atoms with van der Waals surface area (Å²) in [6.45, 7) is 4.64. The van der Waals surface area contributed by atoms with Gasteiger partial charge in [-0.25, -0.2) is 14.3 Å². The molecule has 26 heavy (non-hydrogen) atoms. The van der Waals surface area contributed by atoms with Crippen molar-refractivity contribution in [2.75, 3.05) is 13.2 Å². The monoisotopic (exact) mass is 354 g/mol. The van der Waals surface area contributed by atoms with Crippen LogP contribution in [0.15, 0.2) is 49.1 Å². The number of nitrogens with one attached hydrogen (secondary N) is 1. The molecule has 0 bridgehead atoms. The quantitative estimate of drug-likeness (QED) is 0.691. The highest BCUT2D eigenvalue weighted by atomic mass is 16.5. The Morgan fingerprint density at radius 1 is 1.23 bits per heavy atom. The Morgan fingerprint density at radius 3 is 2.96 bits per heavy atom. The van der Waals surface area contributed by atoms with Gasteiger partial charge in [-0.3, -0.25) is 0 Å². The van der Waals surface area contributed by atoms with E-state index < -0.39 is 0 Å². The number of aryl methyl sites for hydroxylation is 1. The van der Waals surface area contributed by atoms with Crippen LogP contribution in [-0.2, 0) is 17.8 Å². The molecule has 3 aromatic rings. The van der Waals surface area contributed by atoms with Crippen molar-refractivity contribution < 1.29 is 9.47 Å². The lowest BCUT2D eigenvalue weighted by Crippen LogP contribution is -2.42. The van der Waals surface area contributed by atoms with Crippen LogP contribution in [0.1, 0.15) is 12.7 Å². The summed E-state index contributed by atoms with van der Waals surface area (Å²) in [6, 6.07) is 10.1. The van der Waals surface area contributed by atoms with Gasteiger partial charge in [0.15, 0.2) is 5.75 Å². The smallest absolute Gasteiger partial charge is 0.158 e. The fraction of sp³-hybridized carbons (Fsp3) is 0.389. The highest BCUT2D eigenvalue weighted by Crippen LogP contribution is 2.18. The fourth-order valence-corrected chi connectivity index (χ4v) is 3.02. The van der Waals surface area contributed by atoms with Gasteiger partial charge >= 0.3 is 0 Å². The Bertz CT molecular complexity index is 831. The lowest BCUT2D eigenvalue weighted by Gasteiger charge is -2.19. The molecule has 1 aromatic carbocycles. The number of ether oxygens (including phenoxy) is 2. The average molecular weight is 354 g/mol. The molecule has 0 radical (unpaired) electrons. The maximum atomic E-state index is 6.10. The molecule has 0 unspecified atom stereocenters. The SMILES string of the molecule is CCn1ncnc1CN[C@H]1COC[C@H]1Oc1cnn(-c2ccccc2)c1. The largest absolute Gasteiger partial charge is 0.483 e. The van der Waals surface area contributed by atoms with Crippen LogP contribution in [0.2, 0.25) is 0 Å². The molecule has 0 aliphatic carbocycles. The molecule has 1 aliphatic rings. The van der Waals surface area contributed by atoms with Crippen LogP contribution in [0.25, 0.3) is 5.69 Å². The van der Waals surface area contributed by atoms with Crippen LogP contribution in [0.3, 0.4) is 0 Å². The van der Waals surface area contributed by atoms with Crippen molar-refractivity contribution in [1.82, 2.24) is 29.9 Å². The van der Waals surface area contributed by atoms with Crippen molar-refractivity contribution in [3.8, 4) is 11.4 Å². The topological polar surface area (TPSA) is 79.0 Å². The van der Waals surface area contributed by atoms with Crippen molar-refractivity contribution in [2.24, 2.45) is 0 Å². The van der Waals surface area contributed by atoms with Crippen LogP contribution >= 0.6 is 0 Å². The van der Waals surface area contributed by atoms with E-state index in [1.165, 1.54) is 0 Å². The van der Waals surface area contributed by atoms with Crippen molar-refractivity contribution in [1.29, 1.82) is 0 Å². The first kappa shape index (κ1) is 16.7. The molecule has 1 saturated heterocycles. The molecule has 0 saturated carbocycles. The van der Waals surface area contributed by atoms with Gasteiger partial charge in [0.25, 0.3) is 0 Å². The minimum atomic E-state index is -0.0681. The van der Waals surface area contributed by atoms with Crippen LogP contribution in [-0.4, -0.2) is 49.9 Å². The van der Waals surface area contributed by atoms with Gasteiger partial charge in [-0.15, -0.1) is 0 Å². The van der Waals surface area contributed by atoms with E-state index >= 15 is 0 Å². The summed E-state index contributed by atoms with van der Waals surface area (Å²) in [5.41, 5.74) is 0.999. The molecule has 1 aliphatic heterocycles. The second-order valence-electron chi connectivity index (χ2n) is 6.13. The molecule has 2 aromatic heterocycles. The van der Waals surface area contributed by atoms with Crippen molar-refractivity contribution in [2.45, 2.75) is 32.2 Å². The molecule has 3 heterocycles. The highest BCUT2D eigenvalue weighted by molar-refractivity contribution is 5.32. The second-order valence-corrected chi connectivity index (χ2v) is 6.13. The molecule has 1 fully saturated rings. The second kappa shape index (κ2) is 7.67. The van der Waals surface area contributed by atoms with Crippen molar-refractivity contribution >= 4 is 0 Å². The zero-order chi connectivity index (χ0) is 17.8. The van der Waals surface area contributed by atoms with E-state index in [9.17, 15) is 0 Å². The van der Waals surface area contributed by atoms with Gasteiger partial charge in [0.05, 0.1) is 43.9 Å². The Balaban J connectivity index is 1.37. The number of hydrogen-bond donors (Lipinski definition) is 1. The molecule has 8 heteroatoms. The van der Waals surface area contributed by atoms with E-state index in [0.29, 0.717) is 19.8 Å². The molecule has 8 nitrogen and oxygen atoms in total. The van der Waals surface area contributed by atoms with Gasteiger partial charge < -0.3 is 14.8 Å². The Morgan fingerprint density at radius 2 is 2.12 bits per heavy atom. The summed E-state index contributed by atoms with van der Waals surface area (Å²) in [5, 5.41) is 12.0. The van der Waals surface area contributed by atoms with E-state index in [1.807, 2.05) is 48.1 Å².